The molecule has 6 heteroatoms. The largest absolute Gasteiger partial charge is 0.351 e. The van der Waals surface area contributed by atoms with Gasteiger partial charge in [0.1, 0.15) is 11.3 Å². The Labute approximate surface area is 149 Å². The highest BCUT2D eigenvalue weighted by molar-refractivity contribution is 6.30. The van der Waals surface area contributed by atoms with E-state index in [9.17, 15) is 4.79 Å². The molecule has 25 heavy (non-hydrogen) atoms. The standard InChI is InChI=1S/C19H17ClN4O/c1-12-18(24-11-15(20)5-6-17(24)22-12)19(25)21-10-13-3-4-14-7-8-23(2)16(14)9-13/h3-9,11H,10H2,1-2H3,(H,21,25). The fourth-order valence-corrected chi connectivity index (χ4v) is 3.25. The molecular formula is C19H17ClN4O. The van der Waals surface area contributed by atoms with Crippen LogP contribution in [0.1, 0.15) is 21.7 Å². The van der Waals surface area contributed by atoms with Crippen molar-refractivity contribution < 1.29 is 4.79 Å². The van der Waals surface area contributed by atoms with Gasteiger partial charge in [0.25, 0.3) is 5.91 Å². The van der Waals surface area contributed by atoms with Crippen molar-refractivity contribution in [2.24, 2.45) is 7.05 Å². The van der Waals surface area contributed by atoms with Gasteiger partial charge in [0, 0.05) is 31.5 Å². The van der Waals surface area contributed by atoms with Gasteiger partial charge in [0.05, 0.1) is 10.7 Å². The summed E-state index contributed by atoms with van der Waals surface area (Å²) in [6.07, 6.45) is 3.74. The molecule has 0 saturated heterocycles. The lowest BCUT2D eigenvalue weighted by Gasteiger charge is -2.07. The number of rotatable bonds is 3. The maximum absolute atomic E-state index is 12.7. The van der Waals surface area contributed by atoms with Crippen molar-refractivity contribution in [2.75, 3.05) is 0 Å². The van der Waals surface area contributed by atoms with Gasteiger partial charge in [0.2, 0.25) is 0 Å². The van der Waals surface area contributed by atoms with Crippen LogP contribution in [0.4, 0.5) is 0 Å². The van der Waals surface area contributed by atoms with E-state index >= 15 is 0 Å². The molecule has 0 atom stereocenters. The number of fused-ring (bicyclic) bond motifs is 2. The van der Waals surface area contributed by atoms with E-state index in [1.807, 2.05) is 26.2 Å². The SMILES string of the molecule is Cc1nc2ccc(Cl)cn2c1C(=O)NCc1ccc2ccn(C)c2c1. The summed E-state index contributed by atoms with van der Waals surface area (Å²) in [6.45, 7) is 2.28. The second kappa shape index (κ2) is 5.93. The van der Waals surface area contributed by atoms with E-state index in [0.717, 1.165) is 11.1 Å². The van der Waals surface area contributed by atoms with Crippen LogP contribution in [0, 0.1) is 6.92 Å². The lowest BCUT2D eigenvalue weighted by atomic mass is 10.1. The minimum atomic E-state index is -0.167. The predicted octanol–water partition coefficient (Wildman–Crippen LogP) is 3.72. The molecule has 0 saturated carbocycles. The zero-order valence-corrected chi connectivity index (χ0v) is 14.7. The van der Waals surface area contributed by atoms with Gasteiger partial charge in [-0.1, -0.05) is 23.7 Å². The number of amides is 1. The monoisotopic (exact) mass is 352 g/mol. The van der Waals surface area contributed by atoms with E-state index in [1.54, 1.807) is 22.7 Å². The molecule has 0 fully saturated rings. The fraction of sp³-hybridized carbons (Fsp3) is 0.158. The molecule has 3 aromatic heterocycles. The van der Waals surface area contributed by atoms with Gasteiger partial charge in [-0.15, -0.1) is 0 Å². The lowest BCUT2D eigenvalue weighted by molar-refractivity contribution is 0.0944. The van der Waals surface area contributed by atoms with E-state index in [2.05, 4.69) is 33.1 Å². The average Bonchev–Trinajstić information content (AvgIpc) is 3.12. The van der Waals surface area contributed by atoms with Gasteiger partial charge in [-0.25, -0.2) is 4.98 Å². The minimum Gasteiger partial charge on any atom is -0.351 e. The molecule has 0 unspecified atom stereocenters. The molecule has 4 rings (SSSR count). The number of aromatic nitrogens is 3. The summed E-state index contributed by atoms with van der Waals surface area (Å²) in [6, 6.07) is 11.8. The Morgan fingerprint density at radius 2 is 2.08 bits per heavy atom. The molecule has 3 heterocycles. The Kier molecular flexibility index (Phi) is 3.73. The molecular weight excluding hydrogens is 336 g/mol. The number of benzene rings is 1. The van der Waals surface area contributed by atoms with Crippen LogP contribution in [0.5, 0.6) is 0 Å². The first-order valence-corrected chi connectivity index (χ1v) is 8.37. The van der Waals surface area contributed by atoms with Gasteiger partial charge in [-0.05, 0) is 42.1 Å². The molecule has 0 radical (unpaired) electrons. The molecule has 1 N–H and O–H groups in total. The molecule has 5 nitrogen and oxygen atoms in total. The smallest absolute Gasteiger partial charge is 0.270 e. The van der Waals surface area contributed by atoms with Crippen LogP contribution in [0.15, 0.2) is 48.8 Å². The quantitative estimate of drug-likeness (QED) is 0.611. The number of nitrogens with one attached hydrogen (secondary N) is 1. The fourth-order valence-electron chi connectivity index (χ4n) is 3.09. The van der Waals surface area contributed by atoms with Crippen LogP contribution in [0.2, 0.25) is 5.02 Å². The predicted molar refractivity (Wildman–Crippen MR) is 99.0 cm³/mol. The molecule has 0 aliphatic carbocycles. The number of imidazole rings is 1. The van der Waals surface area contributed by atoms with Crippen LogP contribution in [-0.2, 0) is 13.6 Å². The van der Waals surface area contributed by atoms with E-state index < -0.39 is 0 Å². The van der Waals surface area contributed by atoms with Crippen LogP contribution >= 0.6 is 11.6 Å². The number of halogens is 1. The van der Waals surface area contributed by atoms with E-state index in [4.69, 9.17) is 11.6 Å². The van der Waals surface area contributed by atoms with Crippen LogP contribution in [-0.4, -0.2) is 19.9 Å². The zero-order valence-electron chi connectivity index (χ0n) is 14.0. The third-order valence-electron chi connectivity index (χ3n) is 4.38. The first-order chi connectivity index (χ1) is 12.0. The van der Waals surface area contributed by atoms with Crippen LogP contribution in [0.3, 0.4) is 0 Å². The Bertz CT molecular complexity index is 1110. The van der Waals surface area contributed by atoms with Crippen molar-refractivity contribution in [3.05, 3.63) is 70.8 Å². The Morgan fingerprint density at radius 1 is 1.24 bits per heavy atom. The van der Waals surface area contributed by atoms with Crippen molar-refractivity contribution in [3.8, 4) is 0 Å². The second-order valence-electron chi connectivity index (χ2n) is 6.12. The molecule has 1 amide bonds. The van der Waals surface area contributed by atoms with Crippen molar-refractivity contribution in [1.29, 1.82) is 0 Å². The number of hydrogen-bond donors (Lipinski definition) is 1. The minimum absolute atomic E-state index is 0.167. The zero-order chi connectivity index (χ0) is 17.6. The molecule has 1 aromatic carbocycles. The number of hydrogen-bond acceptors (Lipinski definition) is 2. The molecule has 0 spiro atoms. The second-order valence-corrected chi connectivity index (χ2v) is 6.56. The summed E-state index contributed by atoms with van der Waals surface area (Å²) in [5.74, 6) is -0.167. The number of aryl methyl sites for hydroxylation is 2. The van der Waals surface area contributed by atoms with Crippen molar-refractivity contribution >= 4 is 34.1 Å². The summed E-state index contributed by atoms with van der Waals surface area (Å²) in [5, 5.41) is 4.73. The van der Waals surface area contributed by atoms with Gasteiger partial charge in [-0.3, -0.25) is 9.20 Å². The highest BCUT2D eigenvalue weighted by Crippen LogP contribution is 2.18. The first-order valence-electron chi connectivity index (χ1n) is 7.99. The number of carbonyl (C=O) groups excluding carboxylic acids is 1. The maximum atomic E-state index is 12.7. The third kappa shape index (κ3) is 2.76. The Morgan fingerprint density at radius 3 is 2.92 bits per heavy atom. The first kappa shape index (κ1) is 15.7. The van der Waals surface area contributed by atoms with E-state index in [1.165, 1.54) is 5.39 Å². The summed E-state index contributed by atoms with van der Waals surface area (Å²) < 4.78 is 3.80. The highest BCUT2D eigenvalue weighted by atomic mass is 35.5. The number of pyridine rings is 1. The lowest BCUT2D eigenvalue weighted by Crippen LogP contribution is -2.25. The third-order valence-corrected chi connectivity index (χ3v) is 4.60. The normalized spacial score (nSPS) is 11.3. The van der Waals surface area contributed by atoms with Gasteiger partial charge >= 0.3 is 0 Å². The number of nitrogens with zero attached hydrogens (tertiary/aromatic N) is 3. The van der Waals surface area contributed by atoms with Crippen molar-refractivity contribution in [1.82, 2.24) is 19.3 Å². The Balaban J connectivity index is 1.60. The van der Waals surface area contributed by atoms with Crippen LogP contribution in [0.25, 0.3) is 16.6 Å². The summed E-state index contributed by atoms with van der Waals surface area (Å²) in [5.41, 5.74) is 4.09. The maximum Gasteiger partial charge on any atom is 0.270 e. The summed E-state index contributed by atoms with van der Waals surface area (Å²) in [4.78, 5) is 17.1. The Hall–Kier alpha value is -2.79. The summed E-state index contributed by atoms with van der Waals surface area (Å²) >= 11 is 6.05. The summed E-state index contributed by atoms with van der Waals surface area (Å²) in [7, 11) is 2.01. The van der Waals surface area contributed by atoms with Crippen molar-refractivity contribution in [2.45, 2.75) is 13.5 Å². The van der Waals surface area contributed by atoms with Crippen LogP contribution < -0.4 is 5.32 Å². The molecule has 0 aliphatic heterocycles. The van der Waals surface area contributed by atoms with Gasteiger partial charge < -0.3 is 9.88 Å². The molecule has 126 valence electrons. The van der Waals surface area contributed by atoms with Gasteiger partial charge in [0.15, 0.2) is 0 Å². The van der Waals surface area contributed by atoms with Gasteiger partial charge in [-0.2, -0.15) is 0 Å². The molecule has 0 bridgehead atoms. The molecule has 4 aromatic rings. The van der Waals surface area contributed by atoms with Crippen molar-refractivity contribution in [3.63, 3.8) is 0 Å². The highest BCUT2D eigenvalue weighted by Gasteiger charge is 2.16. The topological polar surface area (TPSA) is 51.3 Å². The van der Waals surface area contributed by atoms with E-state index in [-0.39, 0.29) is 5.91 Å². The van der Waals surface area contributed by atoms with E-state index in [0.29, 0.717) is 28.6 Å². The molecule has 0 aliphatic rings. The number of carbonyl (C=O) groups is 1. The average molecular weight is 353 g/mol.